The van der Waals surface area contributed by atoms with Gasteiger partial charge in [0, 0.05) is 46.3 Å². The van der Waals surface area contributed by atoms with Crippen LogP contribution >= 0.6 is 11.6 Å². The number of benzene rings is 1. The summed E-state index contributed by atoms with van der Waals surface area (Å²) in [5, 5.41) is 5.47. The second-order valence-corrected chi connectivity index (χ2v) is 7.88. The molecule has 0 aliphatic carbocycles. The Bertz CT molecular complexity index is 965. The van der Waals surface area contributed by atoms with E-state index < -0.39 is 0 Å². The largest absolute Gasteiger partial charge is 0.382 e. The molecule has 172 valence electrons. The van der Waals surface area contributed by atoms with Crippen LogP contribution in [0.5, 0.6) is 0 Å². The number of hydrazine groups is 1. The second-order valence-electron chi connectivity index (χ2n) is 7.44. The molecule has 0 aliphatic rings. The molecule has 0 saturated heterocycles. The number of amides is 1. The van der Waals surface area contributed by atoms with Gasteiger partial charge in [0.15, 0.2) is 0 Å². The first-order valence-electron chi connectivity index (χ1n) is 10.9. The van der Waals surface area contributed by atoms with Crippen LogP contribution in [-0.4, -0.2) is 46.5 Å². The first-order chi connectivity index (χ1) is 15.5. The van der Waals surface area contributed by atoms with Gasteiger partial charge in [-0.25, -0.2) is 5.84 Å². The summed E-state index contributed by atoms with van der Waals surface area (Å²) >= 11 is 6.04. The van der Waals surface area contributed by atoms with Gasteiger partial charge in [-0.05, 0) is 75.8 Å². The van der Waals surface area contributed by atoms with Crippen molar-refractivity contribution in [3.8, 4) is 0 Å². The number of fused-ring (bicyclic) bond motifs is 1. The lowest BCUT2D eigenvalue weighted by Crippen LogP contribution is -2.29. The SMILES string of the molecule is CCN(CC)CCCC(C)Nc1ccnc2cc(Cl)ccc12.NNC(=O)c1ccncc1. The average molecular weight is 457 g/mol. The van der Waals surface area contributed by atoms with Crippen molar-refractivity contribution in [1.29, 1.82) is 0 Å². The number of nitrogens with one attached hydrogen (secondary N) is 2. The van der Waals surface area contributed by atoms with Crippen molar-refractivity contribution in [3.63, 3.8) is 0 Å². The predicted octanol–water partition coefficient (Wildman–Crippen LogP) is 4.50. The second kappa shape index (κ2) is 13.6. The van der Waals surface area contributed by atoms with Crippen LogP contribution in [0.15, 0.2) is 55.0 Å². The van der Waals surface area contributed by atoms with Gasteiger partial charge in [-0.15, -0.1) is 0 Å². The predicted molar refractivity (Wildman–Crippen MR) is 133 cm³/mol. The molecular formula is C24H33ClN6O. The Balaban J connectivity index is 0.000000303. The van der Waals surface area contributed by atoms with Crippen molar-refractivity contribution >= 4 is 34.1 Å². The van der Waals surface area contributed by atoms with Gasteiger partial charge in [0.25, 0.3) is 5.91 Å². The molecule has 0 radical (unpaired) electrons. The highest BCUT2D eigenvalue weighted by Crippen LogP contribution is 2.25. The molecule has 4 N–H and O–H groups in total. The Morgan fingerprint density at radius 2 is 1.84 bits per heavy atom. The molecule has 1 atom stereocenters. The van der Waals surface area contributed by atoms with E-state index in [1.54, 1.807) is 12.1 Å². The lowest BCUT2D eigenvalue weighted by atomic mass is 10.1. The van der Waals surface area contributed by atoms with Crippen LogP contribution in [0.25, 0.3) is 10.9 Å². The van der Waals surface area contributed by atoms with Gasteiger partial charge in [-0.1, -0.05) is 25.4 Å². The third-order valence-electron chi connectivity index (χ3n) is 5.19. The summed E-state index contributed by atoms with van der Waals surface area (Å²) in [5.41, 5.74) is 4.60. The Labute approximate surface area is 195 Å². The van der Waals surface area contributed by atoms with E-state index in [4.69, 9.17) is 17.4 Å². The zero-order valence-corrected chi connectivity index (χ0v) is 19.8. The molecule has 1 unspecified atom stereocenters. The number of carbonyl (C=O) groups excluding carboxylic acids is 1. The molecule has 0 spiro atoms. The van der Waals surface area contributed by atoms with Gasteiger partial charge >= 0.3 is 0 Å². The third kappa shape index (κ3) is 8.07. The van der Waals surface area contributed by atoms with Gasteiger partial charge in [0.2, 0.25) is 0 Å². The van der Waals surface area contributed by atoms with Crippen LogP contribution in [-0.2, 0) is 0 Å². The molecule has 2 aromatic heterocycles. The first-order valence-corrected chi connectivity index (χ1v) is 11.3. The quantitative estimate of drug-likeness (QED) is 0.249. The molecule has 2 heterocycles. The summed E-state index contributed by atoms with van der Waals surface area (Å²) in [6.07, 6.45) is 7.28. The van der Waals surface area contributed by atoms with Gasteiger partial charge in [-0.2, -0.15) is 0 Å². The van der Waals surface area contributed by atoms with Crippen LogP contribution in [0.3, 0.4) is 0 Å². The van der Waals surface area contributed by atoms with Gasteiger partial charge in [0.05, 0.1) is 5.52 Å². The van der Waals surface area contributed by atoms with Crippen molar-refractivity contribution in [2.45, 2.75) is 39.7 Å². The zero-order valence-electron chi connectivity index (χ0n) is 19.0. The molecular weight excluding hydrogens is 424 g/mol. The summed E-state index contributed by atoms with van der Waals surface area (Å²) in [4.78, 5) is 21.3. The van der Waals surface area contributed by atoms with E-state index in [0.29, 0.717) is 11.6 Å². The van der Waals surface area contributed by atoms with Gasteiger partial charge < -0.3 is 10.2 Å². The maximum Gasteiger partial charge on any atom is 0.265 e. The molecule has 0 fully saturated rings. The Morgan fingerprint density at radius 3 is 2.50 bits per heavy atom. The standard InChI is InChI=1S/C18H26ClN3.C6H7N3O/c1-4-22(5-2)12-6-7-14(3)21-17-10-11-20-18-13-15(19)8-9-16(17)18;7-9-6(10)5-1-3-8-4-2-5/h8-11,13-14H,4-7,12H2,1-3H3,(H,20,21);1-4H,7H2,(H,9,10). The highest BCUT2D eigenvalue weighted by atomic mass is 35.5. The normalized spacial score (nSPS) is 11.6. The van der Waals surface area contributed by atoms with Crippen LogP contribution in [0.2, 0.25) is 5.02 Å². The number of carbonyl (C=O) groups is 1. The van der Waals surface area contributed by atoms with Crippen molar-refractivity contribution in [2.24, 2.45) is 5.84 Å². The van der Waals surface area contributed by atoms with Crippen LogP contribution in [0.4, 0.5) is 5.69 Å². The summed E-state index contributed by atoms with van der Waals surface area (Å²) in [6, 6.07) is 11.5. The average Bonchev–Trinajstić information content (AvgIpc) is 2.82. The Hall–Kier alpha value is -2.74. The highest BCUT2D eigenvalue weighted by molar-refractivity contribution is 6.31. The highest BCUT2D eigenvalue weighted by Gasteiger charge is 2.07. The maximum atomic E-state index is 10.7. The van der Waals surface area contributed by atoms with Gasteiger partial charge in [0.1, 0.15) is 0 Å². The molecule has 32 heavy (non-hydrogen) atoms. The number of nitrogens with zero attached hydrogens (tertiary/aromatic N) is 3. The fraction of sp³-hybridized carbons (Fsp3) is 0.375. The summed E-state index contributed by atoms with van der Waals surface area (Å²) in [5.74, 6) is 4.58. The molecule has 1 aromatic carbocycles. The van der Waals surface area contributed by atoms with Crippen LogP contribution < -0.4 is 16.6 Å². The van der Waals surface area contributed by atoms with E-state index in [-0.39, 0.29) is 5.91 Å². The minimum Gasteiger partial charge on any atom is -0.382 e. The number of nitrogen functional groups attached to an aromatic ring is 1. The van der Waals surface area contributed by atoms with E-state index >= 15 is 0 Å². The number of halogens is 1. The van der Waals surface area contributed by atoms with E-state index in [2.05, 4.69) is 41.0 Å². The topological polar surface area (TPSA) is 96.2 Å². The first kappa shape index (κ1) is 25.5. The molecule has 1 amide bonds. The van der Waals surface area contributed by atoms with E-state index in [1.807, 2.05) is 35.9 Å². The zero-order chi connectivity index (χ0) is 23.3. The molecule has 8 heteroatoms. The van der Waals surface area contributed by atoms with E-state index in [9.17, 15) is 4.79 Å². The number of rotatable bonds is 9. The van der Waals surface area contributed by atoms with Gasteiger partial charge in [-0.3, -0.25) is 20.2 Å². The number of anilines is 1. The molecule has 0 bridgehead atoms. The van der Waals surface area contributed by atoms with Crippen molar-refractivity contribution in [2.75, 3.05) is 25.0 Å². The number of pyridine rings is 2. The summed E-state index contributed by atoms with van der Waals surface area (Å²) in [6.45, 7) is 10.1. The van der Waals surface area contributed by atoms with Crippen LogP contribution in [0.1, 0.15) is 44.0 Å². The monoisotopic (exact) mass is 456 g/mol. The lowest BCUT2D eigenvalue weighted by molar-refractivity contribution is 0.0953. The van der Waals surface area contributed by atoms with E-state index in [0.717, 1.165) is 41.1 Å². The maximum absolute atomic E-state index is 10.7. The fourth-order valence-electron chi connectivity index (χ4n) is 3.33. The molecule has 0 saturated carbocycles. The minimum absolute atomic E-state index is 0.303. The van der Waals surface area contributed by atoms with Crippen molar-refractivity contribution in [3.05, 3.63) is 65.6 Å². The van der Waals surface area contributed by atoms with E-state index in [1.165, 1.54) is 25.4 Å². The number of hydrogen-bond acceptors (Lipinski definition) is 6. The summed E-state index contributed by atoms with van der Waals surface area (Å²) in [7, 11) is 0. The number of aromatic nitrogens is 2. The smallest absolute Gasteiger partial charge is 0.265 e. The molecule has 3 rings (SSSR count). The number of hydrogen-bond donors (Lipinski definition) is 3. The molecule has 7 nitrogen and oxygen atoms in total. The van der Waals surface area contributed by atoms with Crippen LogP contribution in [0, 0.1) is 0 Å². The molecule has 0 aliphatic heterocycles. The minimum atomic E-state index is -0.303. The number of nitrogens with two attached hydrogens (primary N) is 1. The molecule has 3 aromatic rings. The Morgan fingerprint density at radius 1 is 1.12 bits per heavy atom. The Kier molecular flexibility index (Phi) is 10.9. The third-order valence-corrected chi connectivity index (χ3v) is 5.42. The van der Waals surface area contributed by atoms with Crippen molar-refractivity contribution in [1.82, 2.24) is 20.3 Å². The van der Waals surface area contributed by atoms with Crippen molar-refractivity contribution < 1.29 is 4.79 Å². The fourth-order valence-corrected chi connectivity index (χ4v) is 3.50. The lowest BCUT2D eigenvalue weighted by Gasteiger charge is -2.20. The summed E-state index contributed by atoms with van der Waals surface area (Å²) < 4.78 is 0.